The molecule has 0 spiro atoms. The van der Waals surface area contributed by atoms with Crippen LogP contribution in [0.15, 0.2) is 65.9 Å². The summed E-state index contributed by atoms with van der Waals surface area (Å²) in [4.78, 5) is 47.0. The van der Waals surface area contributed by atoms with Gasteiger partial charge < -0.3 is 20.9 Å². The number of carbonyl (C=O) groups excluding carboxylic acids is 3. The Bertz CT molecular complexity index is 1390. The molecule has 0 saturated carbocycles. The second-order valence-electron chi connectivity index (χ2n) is 13.2. The molecule has 3 aliphatic heterocycles. The van der Waals surface area contributed by atoms with E-state index in [1.807, 2.05) is 47.4 Å². The van der Waals surface area contributed by atoms with E-state index in [1.165, 1.54) is 6.42 Å². The molecule has 2 aromatic rings. The molecule has 6 rings (SSSR count). The zero-order valence-electron chi connectivity index (χ0n) is 24.9. The summed E-state index contributed by atoms with van der Waals surface area (Å²) in [7, 11) is 0. The number of primary amides is 1. The van der Waals surface area contributed by atoms with Crippen molar-refractivity contribution < 1.29 is 14.4 Å². The Morgan fingerprint density at radius 2 is 1.57 bits per heavy atom. The summed E-state index contributed by atoms with van der Waals surface area (Å²) >= 11 is 0. The van der Waals surface area contributed by atoms with Gasteiger partial charge in [0.1, 0.15) is 5.54 Å². The molecule has 2 amide bonds. The van der Waals surface area contributed by atoms with Crippen molar-refractivity contribution in [3.63, 3.8) is 0 Å². The number of Topliss-reactive ketones (excluding diaryl/α,β-unsaturated/α-hetero) is 1. The van der Waals surface area contributed by atoms with E-state index in [4.69, 9.17) is 5.73 Å². The smallest absolute Gasteiger partial charge is 0.242 e. The lowest BCUT2D eigenvalue weighted by Gasteiger charge is -2.48. The van der Waals surface area contributed by atoms with Gasteiger partial charge >= 0.3 is 0 Å². The molecule has 2 saturated heterocycles. The van der Waals surface area contributed by atoms with Crippen molar-refractivity contribution >= 4 is 29.0 Å². The van der Waals surface area contributed by atoms with Crippen LogP contribution in [0.4, 0.5) is 11.4 Å². The SMILES string of the molecule is CC1(C)CC(=O)C2=C(C1)Nc1ccccc1N(CC(=O)N1CCC(C(N)=O)(N3CCCCC3)CC1)C2c1ccccc1. The molecule has 42 heavy (non-hydrogen) atoms. The van der Waals surface area contributed by atoms with E-state index in [1.54, 1.807) is 0 Å². The third-order valence-corrected chi connectivity index (χ3v) is 9.79. The summed E-state index contributed by atoms with van der Waals surface area (Å²) < 4.78 is 0. The van der Waals surface area contributed by atoms with Gasteiger partial charge in [0.05, 0.1) is 24.0 Å². The summed E-state index contributed by atoms with van der Waals surface area (Å²) in [6, 6.07) is 17.7. The number of nitrogens with zero attached hydrogens (tertiary/aromatic N) is 3. The number of anilines is 2. The minimum atomic E-state index is -0.677. The monoisotopic (exact) mass is 569 g/mol. The summed E-state index contributed by atoms with van der Waals surface area (Å²) in [6.45, 7) is 7.15. The minimum Gasteiger partial charge on any atom is -0.368 e. The molecule has 222 valence electrons. The van der Waals surface area contributed by atoms with E-state index in [0.29, 0.717) is 32.4 Å². The molecule has 1 atom stereocenters. The van der Waals surface area contributed by atoms with Gasteiger partial charge in [0.25, 0.3) is 0 Å². The van der Waals surface area contributed by atoms with Gasteiger partial charge in [-0.1, -0.05) is 62.7 Å². The number of ketones is 1. The lowest BCUT2D eigenvalue weighted by Crippen LogP contribution is -2.64. The van der Waals surface area contributed by atoms with Crippen molar-refractivity contribution in [2.24, 2.45) is 11.1 Å². The van der Waals surface area contributed by atoms with Crippen LogP contribution in [0, 0.1) is 5.41 Å². The normalized spacial score (nSPS) is 23.9. The Labute approximate surface area is 248 Å². The average molecular weight is 570 g/mol. The number of rotatable bonds is 5. The first-order chi connectivity index (χ1) is 20.2. The van der Waals surface area contributed by atoms with Crippen molar-refractivity contribution in [3.8, 4) is 0 Å². The Hall–Kier alpha value is -3.65. The molecular formula is C34H43N5O3. The van der Waals surface area contributed by atoms with Crippen LogP contribution in [-0.2, 0) is 14.4 Å². The lowest BCUT2D eigenvalue weighted by molar-refractivity contribution is -0.141. The van der Waals surface area contributed by atoms with Gasteiger partial charge in [-0.2, -0.15) is 0 Å². The summed E-state index contributed by atoms with van der Waals surface area (Å²) in [5, 5.41) is 3.62. The summed E-state index contributed by atoms with van der Waals surface area (Å²) in [6.07, 6.45) is 5.67. The zero-order valence-corrected chi connectivity index (χ0v) is 24.9. The fraction of sp³-hybridized carbons (Fsp3) is 0.500. The van der Waals surface area contributed by atoms with Gasteiger partial charge in [0.2, 0.25) is 11.8 Å². The van der Waals surface area contributed by atoms with Crippen LogP contribution in [-0.4, -0.2) is 65.7 Å². The van der Waals surface area contributed by atoms with E-state index < -0.39 is 11.6 Å². The fourth-order valence-electron chi connectivity index (χ4n) is 7.62. The van der Waals surface area contributed by atoms with Gasteiger partial charge in [0.15, 0.2) is 5.78 Å². The third-order valence-electron chi connectivity index (χ3n) is 9.79. The molecule has 1 unspecified atom stereocenters. The molecule has 0 radical (unpaired) electrons. The van der Waals surface area contributed by atoms with Gasteiger partial charge in [-0.05, 0) is 68.3 Å². The Morgan fingerprint density at radius 1 is 0.905 bits per heavy atom. The zero-order chi connectivity index (χ0) is 29.5. The Morgan fingerprint density at radius 3 is 2.26 bits per heavy atom. The van der Waals surface area contributed by atoms with Crippen LogP contribution in [0.5, 0.6) is 0 Å². The number of hydrogen-bond donors (Lipinski definition) is 2. The van der Waals surface area contributed by atoms with Crippen molar-refractivity contribution in [1.29, 1.82) is 0 Å². The van der Waals surface area contributed by atoms with Crippen molar-refractivity contribution in [3.05, 3.63) is 71.4 Å². The largest absolute Gasteiger partial charge is 0.368 e. The number of fused-ring (bicyclic) bond motifs is 1. The number of benzene rings is 2. The van der Waals surface area contributed by atoms with Crippen LogP contribution in [0.3, 0.4) is 0 Å². The maximum absolute atomic E-state index is 14.1. The number of amides is 2. The third kappa shape index (κ3) is 5.21. The molecule has 3 heterocycles. The lowest BCUT2D eigenvalue weighted by atomic mass is 9.73. The average Bonchev–Trinajstić information content (AvgIpc) is 3.11. The number of hydrogen-bond acceptors (Lipinski definition) is 6. The second kappa shape index (κ2) is 11.2. The summed E-state index contributed by atoms with van der Waals surface area (Å²) in [5.74, 6) is -0.153. The maximum atomic E-state index is 14.1. The highest BCUT2D eigenvalue weighted by Gasteiger charge is 2.47. The predicted molar refractivity (Wildman–Crippen MR) is 165 cm³/mol. The van der Waals surface area contributed by atoms with Gasteiger partial charge in [0, 0.05) is 30.8 Å². The molecule has 0 bridgehead atoms. The van der Waals surface area contributed by atoms with E-state index in [2.05, 4.69) is 41.1 Å². The van der Waals surface area contributed by atoms with E-state index >= 15 is 0 Å². The number of nitrogens with one attached hydrogen (secondary N) is 1. The van der Waals surface area contributed by atoms with Gasteiger partial charge in [-0.3, -0.25) is 19.3 Å². The molecule has 1 aliphatic carbocycles. The number of nitrogens with two attached hydrogens (primary N) is 1. The van der Waals surface area contributed by atoms with E-state index in [9.17, 15) is 14.4 Å². The first-order valence-corrected chi connectivity index (χ1v) is 15.5. The standard InChI is InChI=1S/C34H43N5O3/c1-33(2)21-26-30(28(40)22-33)31(24-11-5-3-6-12-24)39(27-14-8-7-13-25(27)36-26)23-29(41)37-19-15-34(16-20-37,32(35)42)38-17-9-4-10-18-38/h3,5-8,11-14,31,36H,4,9-10,15-23H2,1-2H3,(H2,35,42). The molecule has 4 aliphatic rings. The highest BCUT2D eigenvalue weighted by atomic mass is 16.2. The van der Waals surface area contributed by atoms with Crippen LogP contribution < -0.4 is 16.0 Å². The fourth-order valence-corrected chi connectivity index (χ4v) is 7.62. The molecule has 2 aromatic carbocycles. The van der Waals surface area contributed by atoms with Crippen molar-refractivity contribution in [1.82, 2.24) is 9.80 Å². The van der Waals surface area contributed by atoms with Gasteiger partial charge in [-0.15, -0.1) is 0 Å². The maximum Gasteiger partial charge on any atom is 0.242 e. The first-order valence-electron chi connectivity index (χ1n) is 15.5. The van der Waals surface area contributed by atoms with Crippen LogP contribution in [0.2, 0.25) is 0 Å². The molecule has 3 N–H and O–H groups in total. The quantitative estimate of drug-likeness (QED) is 0.545. The van der Waals surface area contributed by atoms with Crippen molar-refractivity contribution in [2.45, 2.75) is 70.4 Å². The molecule has 2 fully saturated rings. The minimum absolute atomic E-state index is 0.00455. The number of likely N-dealkylation sites (tertiary alicyclic amines) is 2. The molecule has 0 aromatic heterocycles. The molecule has 8 nitrogen and oxygen atoms in total. The molecule has 8 heteroatoms. The van der Waals surface area contributed by atoms with Crippen LogP contribution >= 0.6 is 0 Å². The number of para-hydroxylation sites is 2. The Balaban J connectivity index is 1.33. The predicted octanol–water partition coefficient (Wildman–Crippen LogP) is 4.64. The highest BCUT2D eigenvalue weighted by molar-refractivity contribution is 6.02. The molecular weight excluding hydrogens is 526 g/mol. The Kier molecular flexibility index (Phi) is 7.60. The van der Waals surface area contributed by atoms with Crippen LogP contribution in [0.25, 0.3) is 0 Å². The van der Waals surface area contributed by atoms with Crippen LogP contribution in [0.1, 0.15) is 70.4 Å². The van der Waals surface area contributed by atoms with Gasteiger partial charge in [-0.25, -0.2) is 0 Å². The van der Waals surface area contributed by atoms with Crippen molar-refractivity contribution in [2.75, 3.05) is 42.9 Å². The van der Waals surface area contributed by atoms with E-state index in [0.717, 1.165) is 60.6 Å². The van der Waals surface area contributed by atoms with E-state index in [-0.39, 0.29) is 29.6 Å². The number of piperidine rings is 2. The number of carbonyl (C=O) groups is 3. The summed E-state index contributed by atoms with van der Waals surface area (Å²) in [5.41, 5.74) is 9.67. The highest BCUT2D eigenvalue weighted by Crippen LogP contribution is 2.48. The number of allylic oxidation sites excluding steroid dienone is 1. The second-order valence-corrected chi connectivity index (χ2v) is 13.2. The first kappa shape index (κ1) is 28.5. The topological polar surface area (TPSA) is 99.0 Å².